The van der Waals surface area contributed by atoms with Gasteiger partial charge in [0, 0.05) is 23.2 Å². The number of pyridine rings is 1. The van der Waals surface area contributed by atoms with Crippen molar-refractivity contribution < 1.29 is 4.79 Å². The monoisotopic (exact) mass is 391 g/mol. The normalized spacial score (nSPS) is 12.0. The molecule has 0 saturated heterocycles. The van der Waals surface area contributed by atoms with Crippen LogP contribution in [0.15, 0.2) is 53.7 Å². The molecule has 1 aromatic carbocycles. The summed E-state index contributed by atoms with van der Waals surface area (Å²) in [5, 5.41) is 14.2. The summed E-state index contributed by atoms with van der Waals surface area (Å²) >= 11 is 3.07. The van der Waals surface area contributed by atoms with E-state index in [4.69, 9.17) is 0 Å². The minimum absolute atomic E-state index is 0.0678. The molecule has 0 unspecified atom stereocenters. The molecule has 0 radical (unpaired) electrons. The largest absolute Gasteiger partial charge is 0.317 e. The number of hydrogen-bond donors (Lipinski definition) is 1. The lowest BCUT2D eigenvalue weighted by Gasteiger charge is -2.15. The summed E-state index contributed by atoms with van der Waals surface area (Å²) in [6.45, 7) is 0. The summed E-state index contributed by atoms with van der Waals surface area (Å²) in [5.74, 6) is 0.584. The average molecular weight is 392 g/mol. The maximum atomic E-state index is 12.4. The fourth-order valence-electron chi connectivity index (χ4n) is 3.22. The molecule has 0 saturated carbocycles. The highest BCUT2D eigenvalue weighted by atomic mass is 32.2. The molecule has 0 fully saturated rings. The Morgan fingerprint density at radius 1 is 1.22 bits per heavy atom. The number of rotatable bonds is 5. The van der Waals surface area contributed by atoms with E-state index in [1.807, 2.05) is 30.3 Å². The Labute approximate surface area is 166 Å². The number of nitriles is 1. The van der Waals surface area contributed by atoms with Gasteiger partial charge in [0.2, 0.25) is 5.91 Å². The Morgan fingerprint density at radius 3 is 2.89 bits per heavy atom. The van der Waals surface area contributed by atoms with Gasteiger partial charge in [-0.25, -0.2) is 4.98 Å². The number of thiophene rings is 1. The van der Waals surface area contributed by atoms with E-state index in [-0.39, 0.29) is 5.91 Å². The number of hydrogen-bond acceptors (Lipinski definition) is 5. The van der Waals surface area contributed by atoms with Crippen LogP contribution in [0, 0.1) is 11.3 Å². The number of amides is 1. The minimum Gasteiger partial charge on any atom is -0.317 e. The first-order valence-electron chi connectivity index (χ1n) is 8.74. The number of aromatic nitrogens is 1. The molecule has 134 valence electrons. The Morgan fingerprint density at radius 2 is 2.07 bits per heavy atom. The van der Waals surface area contributed by atoms with Crippen molar-refractivity contribution >= 4 is 34.0 Å². The number of carbonyl (C=O) groups excluding carboxylic acids is 1. The summed E-state index contributed by atoms with van der Waals surface area (Å²) in [6.07, 6.45) is 3.90. The van der Waals surface area contributed by atoms with Crippen molar-refractivity contribution in [3.05, 3.63) is 65.4 Å². The molecule has 4 rings (SSSR count). The van der Waals surface area contributed by atoms with Gasteiger partial charge in [0.1, 0.15) is 11.1 Å². The molecule has 3 aromatic rings. The predicted octanol–water partition coefficient (Wildman–Crippen LogP) is 4.90. The van der Waals surface area contributed by atoms with Gasteiger partial charge in [0.25, 0.3) is 0 Å². The van der Waals surface area contributed by atoms with E-state index >= 15 is 0 Å². The third-order valence-corrected chi connectivity index (χ3v) is 6.62. The van der Waals surface area contributed by atoms with Gasteiger partial charge in [-0.15, -0.1) is 23.1 Å². The van der Waals surface area contributed by atoms with Gasteiger partial charge in [-0.3, -0.25) is 4.79 Å². The molecule has 6 heteroatoms. The van der Waals surface area contributed by atoms with Crippen LogP contribution < -0.4 is 5.32 Å². The van der Waals surface area contributed by atoms with E-state index in [2.05, 4.69) is 28.5 Å². The van der Waals surface area contributed by atoms with E-state index in [0.717, 1.165) is 28.3 Å². The molecule has 1 aliphatic carbocycles. The number of aryl methyl sites for hydroxylation is 1. The molecule has 1 aliphatic rings. The van der Waals surface area contributed by atoms with Gasteiger partial charge in [-0.05, 0) is 41.7 Å². The lowest BCUT2D eigenvalue weighted by atomic mass is 9.90. The molecule has 0 atom stereocenters. The zero-order chi connectivity index (χ0) is 18.6. The van der Waals surface area contributed by atoms with E-state index < -0.39 is 0 Å². The SMILES string of the molecule is N#Cc1c(NC(=O)CCSc2ccccn2)sc2c1CCc1ccccc1-2. The zero-order valence-electron chi connectivity index (χ0n) is 14.6. The van der Waals surface area contributed by atoms with Crippen LogP contribution in [0.2, 0.25) is 0 Å². The first-order chi connectivity index (χ1) is 13.3. The smallest absolute Gasteiger partial charge is 0.225 e. The van der Waals surface area contributed by atoms with Crippen LogP contribution in [0.25, 0.3) is 10.4 Å². The molecule has 2 heterocycles. The molecule has 1 N–H and O–H groups in total. The van der Waals surface area contributed by atoms with Gasteiger partial charge in [-0.2, -0.15) is 5.26 Å². The quantitative estimate of drug-likeness (QED) is 0.628. The fraction of sp³-hybridized carbons (Fsp3) is 0.190. The van der Waals surface area contributed by atoms with E-state index in [1.54, 1.807) is 18.0 Å². The highest BCUT2D eigenvalue weighted by Gasteiger charge is 2.25. The Kier molecular flexibility index (Phi) is 5.23. The van der Waals surface area contributed by atoms with Crippen molar-refractivity contribution in [2.24, 2.45) is 0 Å². The van der Waals surface area contributed by atoms with Gasteiger partial charge in [-0.1, -0.05) is 30.3 Å². The second kappa shape index (κ2) is 7.95. The molecular weight excluding hydrogens is 374 g/mol. The van der Waals surface area contributed by atoms with Gasteiger partial charge >= 0.3 is 0 Å². The van der Waals surface area contributed by atoms with Gasteiger partial charge in [0.05, 0.1) is 10.6 Å². The molecule has 2 aromatic heterocycles. The van der Waals surface area contributed by atoms with Crippen LogP contribution in [-0.4, -0.2) is 16.6 Å². The topological polar surface area (TPSA) is 65.8 Å². The third-order valence-electron chi connectivity index (χ3n) is 4.49. The van der Waals surface area contributed by atoms with Crippen LogP contribution in [-0.2, 0) is 17.6 Å². The van der Waals surface area contributed by atoms with Crippen LogP contribution >= 0.6 is 23.1 Å². The third kappa shape index (κ3) is 3.75. The molecule has 0 aliphatic heterocycles. The van der Waals surface area contributed by atoms with Crippen LogP contribution in [0.5, 0.6) is 0 Å². The van der Waals surface area contributed by atoms with Crippen LogP contribution in [0.1, 0.15) is 23.1 Å². The number of nitrogens with one attached hydrogen (secondary N) is 1. The van der Waals surface area contributed by atoms with E-state index in [9.17, 15) is 10.1 Å². The predicted molar refractivity (Wildman–Crippen MR) is 110 cm³/mol. The number of nitrogens with zero attached hydrogens (tertiary/aromatic N) is 2. The molecular formula is C21H17N3OS2. The van der Waals surface area contributed by atoms with Crippen molar-refractivity contribution in [1.82, 2.24) is 4.98 Å². The lowest BCUT2D eigenvalue weighted by molar-refractivity contribution is -0.115. The second-order valence-electron chi connectivity index (χ2n) is 6.20. The summed E-state index contributed by atoms with van der Waals surface area (Å²) in [4.78, 5) is 17.7. The van der Waals surface area contributed by atoms with Crippen molar-refractivity contribution in [1.29, 1.82) is 5.26 Å². The first-order valence-corrected chi connectivity index (χ1v) is 10.5. The maximum Gasteiger partial charge on any atom is 0.225 e. The molecule has 1 amide bonds. The number of carbonyl (C=O) groups is 1. The standard InChI is InChI=1S/C21H17N3OS2/c22-13-17-16-9-8-14-5-1-2-6-15(14)20(16)27-21(17)24-18(25)10-12-26-19-7-3-4-11-23-19/h1-7,11H,8-10,12H2,(H,24,25). The highest BCUT2D eigenvalue weighted by molar-refractivity contribution is 7.99. The van der Waals surface area contributed by atoms with Crippen LogP contribution in [0.3, 0.4) is 0 Å². The van der Waals surface area contributed by atoms with Crippen molar-refractivity contribution in [3.63, 3.8) is 0 Å². The van der Waals surface area contributed by atoms with Crippen LogP contribution in [0.4, 0.5) is 5.00 Å². The van der Waals surface area contributed by atoms with E-state index in [0.29, 0.717) is 22.7 Å². The first kappa shape index (κ1) is 17.8. The van der Waals surface area contributed by atoms with Crippen molar-refractivity contribution in [2.75, 3.05) is 11.1 Å². The number of anilines is 1. The molecule has 27 heavy (non-hydrogen) atoms. The highest BCUT2D eigenvalue weighted by Crippen LogP contribution is 2.44. The van der Waals surface area contributed by atoms with Crippen molar-refractivity contribution in [3.8, 4) is 16.5 Å². The fourth-order valence-corrected chi connectivity index (χ4v) is 5.30. The molecule has 0 bridgehead atoms. The number of fused-ring (bicyclic) bond motifs is 3. The summed E-state index contributed by atoms with van der Waals surface area (Å²) < 4.78 is 0. The summed E-state index contributed by atoms with van der Waals surface area (Å²) in [6, 6.07) is 16.3. The van der Waals surface area contributed by atoms with Crippen molar-refractivity contribution in [2.45, 2.75) is 24.3 Å². The number of benzene rings is 1. The Hall–Kier alpha value is -2.62. The van der Waals surface area contributed by atoms with Gasteiger partial charge < -0.3 is 5.32 Å². The number of thioether (sulfide) groups is 1. The Bertz CT molecular complexity index is 1020. The van der Waals surface area contributed by atoms with E-state index in [1.165, 1.54) is 22.5 Å². The Balaban J connectivity index is 1.48. The minimum atomic E-state index is -0.0678. The summed E-state index contributed by atoms with van der Waals surface area (Å²) in [5.41, 5.74) is 4.18. The lowest BCUT2D eigenvalue weighted by Crippen LogP contribution is -2.12. The maximum absolute atomic E-state index is 12.4. The molecule has 4 nitrogen and oxygen atoms in total. The summed E-state index contributed by atoms with van der Waals surface area (Å²) in [7, 11) is 0. The second-order valence-corrected chi connectivity index (χ2v) is 8.33. The molecule has 0 spiro atoms. The zero-order valence-corrected chi connectivity index (χ0v) is 16.2. The average Bonchev–Trinajstić information content (AvgIpc) is 3.06. The van der Waals surface area contributed by atoms with Gasteiger partial charge in [0.15, 0.2) is 0 Å².